The highest BCUT2D eigenvalue weighted by Crippen LogP contribution is 2.51. The Labute approximate surface area is 201 Å². The Morgan fingerprint density at radius 1 is 1.14 bits per heavy atom. The molecule has 9 heteroatoms. The van der Waals surface area contributed by atoms with E-state index >= 15 is 0 Å². The minimum atomic E-state index is -0.395. The van der Waals surface area contributed by atoms with Crippen LogP contribution in [-0.2, 0) is 5.54 Å². The van der Waals surface area contributed by atoms with Crippen molar-refractivity contribution in [2.24, 2.45) is 5.73 Å². The molecule has 9 nitrogen and oxygen atoms in total. The number of nitrogens with two attached hydrogens (primary N) is 1. The molecule has 172 valence electrons. The van der Waals surface area contributed by atoms with Crippen molar-refractivity contribution in [1.82, 2.24) is 29.5 Å². The molecule has 2 bridgehead atoms. The lowest BCUT2D eigenvalue weighted by Gasteiger charge is -2.36. The monoisotopic (exact) mass is 462 g/mol. The highest BCUT2D eigenvalue weighted by Gasteiger charge is 2.46. The molecule has 35 heavy (non-hydrogen) atoms. The topological polar surface area (TPSA) is 126 Å². The number of carbonyl (C=O) groups is 1. The van der Waals surface area contributed by atoms with Crippen molar-refractivity contribution < 1.29 is 4.79 Å². The average Bonchev–Trinajstić information content (AvgIpc) is 3.39. The highest BCUT2D eigenvalue weighted by atomic mass is 16.2. The van der Waals surface area contributed by atoms with Gasteiger partial charge in [0.05, 0.1) is 34.4 Å². The summed E-state index contributed by atoms with van der Waals surface area (Å²) in [5, 5.41) is 14.7. The first-order chi connectivity index (χ1) is 17.0. The molecule has 4 aromatic rings. The molecule has 0 spiro atoms. The summed E-state index contributed by atoms with van der Waals surface area (Å²) in [4.78, 5) is 28.4. The van der Waals surface area contributed by atoms with Crippen LogP contribution < -0.4 is 5.73 Å². The minimum Gasteiger partial charge on any atom is -0.332 e. The molecule has 2 N–H and O–H groups in total. The van der Waals surface area contributed by atoms with E-state index in [1.54, 1.807) is 18.0 Å². The molecule has 7 rings (SSSR count). The number of rotatable bonds is 2. The maximum absolute atomic E-state index is 13.2. The molecule has 0 saturated heterocycles. The van der Waals surface area contributed by atoms with E-state index < -0.39 is 5.54 Å². The lowest BCUT2D eigenvalue weighted by molar-refractivity contribution is 0.0729. The van der Waals surface area contributed by atoms with Gasteiger partial charge in [0.1, 0.15) is 11.5 Å². The van der Waals surface area contributed by atoms with E-state index in [4.69, 9.17) is 10.8 Å². The summed E-state index contributed by atoms with van der Waals surface area (Å²) in [7, 11) is 1.79. The van der Waals surface area contributed by atoms with Crippen molar-refractivity contribution >= 4 is 11.4 Å². The van der Waals surface area contributed by atoms with E-state index in [0.29, 0.717) is 29.1 Å². The summed E-state index contributed by atoms with van der Waals surface area (Å²) in [6.07, 6.45) is 10.8. The van der Waals surface area contributed by atoms with Crippen molar-refractivity contribution in [3.8, 4) is 17.2 Å². The Hall–Kier alpha value is -4.16. The van der Waals surface area contributed by atoms with Gasteiger partial charge in [-0.2, -0.15) is 10.4 Å². The number of aromatic nitrogens is 5. The van der Waals surface area contributed by atoms with Crippen LogP contribution in [-0.4, -0.2) is 42.4 Å². The smallest absolute Gasteiger partial charge is 0.273 e. The molecule has 3 aliphatic rings. The number of pyridine rings is 2. The number of carbonyl (C=O) groups excluding carboxylic acids is 1. The third-order valence-electron chi connectivity index (χ3n) is 7.95. The van der Waals surface area contributed by atoms with E-state index in [1.165, 1.54) is 6.20 Å². The van der Waals surface area contributed by atoms with Gasteiger partial charge in [-0.25, -0.2) is 14.5 Å². The predicted octanol–water partition coefficient (Wildman–Crippen LogP) is 3.06. The zero-order valence-electron chi connectivity index (χ0n) is 19.1. The van der Waals surface area contributed by atoms with Crippen molar-refractivity contribution in [2.75, 3.05) is 7.05 Å². The third kappa shape index (κ3) is 2.68. The molecule has 1 fully saturated rings. The molecule has 2 atom stereocenters. The minimum absolute atomic E-state index is 0.135. The third-order valence-corrected chi connectivity index (χ3v) is 7.95. The van der Waals surface area contributed by atoms with Gasteiger partial charge in [0.15, 0.2) is 0 Å². The summed E-state index contributed by atoms with van der Waals surface area (Å²) in [6.45, 7) is 0. The highest BCUT2D eigenvalue weighted by molar-refractivity contribution is 5.96. The second kappa shape index (κ2) is 6.93. The van der Waals surface area contributed by atoms with E-state index in [9.17, 15) is 10.1 Å². The summed E-state index contributed by atoms with van der Waals surface area (Å²) in [5.74, 6) is 0.392. The molecule has 1 saturated carbocycles. The summed E-state index contributed by atoms with van der Waals surface area (Å²) >= 11 is 0. The number of hydrogen-bond acceptors (Lipinski definition) is 7. The first-order valence-electron chi connectivity index (χ1n) is 11.8. The molecule has 2 unspecified atom stereocenters. The SMILES string of the molecule is CN1C(=O)c2nccc(C#N)c2C2CC1c1nn3ccc(-c4cnc(C5(N)CCC5)nc4)cc3c12. The van der Waals surface area contributed by atoms with Crippen LogP contribution in [0.15, 0.2) is 43.0 Å². The lowest BCUT2D eigenvalue weighted by atomic mass is 9.77. The normalized spacial score (nSPS) is 21.7. The van der Waals surface area contributed by atoms with Crippen LogP contribution in [0.1, 0.15) is 76.3 Å². The molecule has 0 radical (unpaired) electrons. The van der Waals surface area contributed by atoms with Crippen molar-refractivity contribution in [3.63, 3.8) is 0 Å². The first-order valence-corrected chi connectivity index (χ1v) is 11.8. The van der Waals surface area contributed by atoms with Gasteiger partial charge < -0.3 is 10.6 Å². The Balaban J connectivity index is 1.38. The second-order valence-corrected chi connectivity index (χ2v) is 9.80. The van der Waals surface area contributed by atoms with Gasteiger partial charge in [-0.05, 0) is 49.4 Å². The van der Waals surface area contributed by atoms with Gasteiger partial charge in [0.25, 0.3) is 5.91 Å². The van der Waals surface area contributed by atoms with Crippen LogP contribution >= 0.6 is 0 Å². The van der Waals surface area contributed by atoms with Gasteiger partial charge in [-0.3, -0.25) is 9.78 Å². The molecule has 4 aromatic heterocycles. The van der Waals surface area contributed by atoms with Crippen LogP contribution in [0.25, 0.3) is 16.6 Å². The van der Waals surface area contributed by atoms with Gasteiger partial charge in [0, 0.05) is 54.4 Å². The van der Waals surface area contributed by atoms with Crippen LogP contribution in [0.5, 0.6) is 0 Å². The largest absolute Gasteiger partial charge is 0.332 e. The van der Waals surface area contributed by atoms with Gasteiger partial charge in [-0.15, -0.1) is 0 Å². The molecule has 5 heterocycles. The summed E-state index contributed by atoms with van der Waals surface area (Å²) < 4.78 is 1.86. The number of nitrogens with zero attached hydrogens (tertiary/aromatic N) is 7. The van der Waals surface area contributed by atoms with Crippen molar-refractivity contribution in [2.45, 2.75) is 43.2 Å². The van der Waals surface area contributed by atoms with Crippen LogP contribution in [0.2, 0.25) is 0 Å². The maximum atomic E-state index is 13.2. The van der Waals surface area contributed by atoms with E-state index in [2.05, 4.69) is 27.1 Å². The van der Waals surface area contributed by atoms with Crippen molar-refractivity contribution in [3.05, 3.63) is 76.9 Å². The Morgan fingerprint density at radius 3 is 2.66 bits per heavy atom. The maximum Gasteiger partial charge on any atom is 0.273 e. The van der Waals surface area contributed by atoms with Crippen LogP contribution in [0.4, 0.5) is 0 Å². The molecule has 1 amide bonds. The summed E-state index contributed by atoms with van der Waals surface area (Å²) in [6, 6.07) is 7.87. The number of hydrogen-bond donors (Lipinski definition) is 1. The zero-order valence-corrected chi connectivity index (χ0v) is 19.1. The standard InChI is InChI=1S/C26H22N8O/c1-33-19-10-17(20-15(11-27)3-7-29-23(20)24(33)35)21-18-9-14(4-8-34(18)32-22(19)21)16-12-30-25(31-13-16)26(28)5-2-6-26/h3-4,7-9,12-13,17,19H,2,5-6,10,28H2,1H3. The molecule has 2 aliphatic carbocycles. The zero-order chi connectivity index (χ0) is 23.9. The Morgan fingerprint density at radius 2 is 1.94 bits per heavy atom. The van der Waals surface area contributed by atoms with Gasteiger partial charge in [0.2, 0.25) is 0 Å². The van der Waals surface area contributed by atoms with E-state index in [0.717, 1.165) is 47.2 Å². The number of amides is 1. The number of nitriles is 1. The quantitative estimate of drug-likeness (QED) is 0.485. The fourth-order valence-electron chi connectivity index (χ4n) is 5.84. The predicted molar refractivity (Wildman–Crippen MR) is 126 cm³/mol. The molecular weight excluding hydrogens is 440 g/mol. The first kappa shape index (κ1) is 20.2. The molecular formula is C26H22N8O. The Kier molecular flexibility index (Phi) is 4.01. The fraction of sp³-hybridized carbons (Fsp3) is 0.308. The second-order valence-electron chi connectivity index (χ2n) is 9.80. The molecule has 1 aliphatic heterocycles. The van der Waals surface area contributed by atoms with Crippen molar-refractivity contribution in [1.29, 1.82) is 5.26 Å². The van der Waals surface area contributed by atoms with E-state index in [-0.39, 0.29) is 17.9 Å². The average molecular weight is 463 g/mol. The summed E-state index contributed by atoms with van der Waals surface area (Å²) in [5.41, 5.74) is 12.3. The van der Waals surface area contributed by atoms with E-state index in [1.807, 2.05) is 29.2 Å². The Bertz CT molecular complexity index is 1580. The van der Waals surface area contributed by atoms with Gasteiger partial charge in [-0.1, -0.05) is 0 Å². The lowest BCUT2D eigenvalue weighted by Crippen LogP contribution is -2.44. The van der Waals surface area contributed by atoms with Crippen LogP contribution in [0.3, 0.4) is 0 Å². The van der Waals surface area contributed by atoms with Crippen LogP contribution in [0, 0.1) is 11.3 Å². The fourth-order valence-corrected chi connectivity index (χ4v) is 5.84. The number of fused-ring (bicyclic) bond motifs is 9. The van der Waals surface area contributed by atoms with Gasteiger partial charge >= 0.3 is 0 Å². The molecule has 0 aromatic carbocycles.